The Morgan fingerprint density at radius 1 is 1.24 bits per heavy atom. The van der Waals surface area contributed by atoms with Gasteiger partial charge in [0.15, 0.2) is 4.77 Å². The number of hydrogen-bond donors (Lipinski definition) is 0. The summed E-state index contributed by atoms with van der Waals surface area (Å²) in [6.45, 7) is 6.29. The maximum atomic E-state index is 6.20. The standard InChI is InChI=1S/C15H18ClN3OS/c1-12-13(16)3-2-4-14(12)19-6-5-18(15(19)21)11-17-7-9-20-10-8-17/h2-6H,7-11H2,1H3. The van der Waals surface area contributed by atoms with E-state index in [9.17, 15) is 0 Å². The molecule has 1 fully saturated rings. The normalized spacial score (nSPS) is 16.3. The summed E-state index contributed by atoms with van der Waals surface area (Å²) < 4.78 is 10.3. The van der Waals surface area contributed by atoms with E-state index in [-0.39, 0.29) is 0 Å². The lowest BCUT2D eigenvalue weighted by atomic mass is 10.2. The van der Waals surface area contributed by atoms with E-state index in [1.165, 1.54) is 0 Å². The van der Waals surface area contributed by atoms with E-state index in [0.29, 0.717) is 0 Å². The van der Waals surface area contributed by atoms with E-state index < -0.39 is 0 Å². The van der Waals surface area contributed by atoms with Crippen LogP contribution in [0.25, 0.3) is 5.69 Å². The third-order valence-corrected chi connectivity index (χ3v) is 4.64. The highest BCUT2D eigenvalue weighted by molar-refractivity contribution is 7.71. The molecular weight excluding hydrogens is 306 g/mol. The van der Waals surface area contributed by atoms with Gasteiger partial charge in [0.2, 0.25) is 0 Å². The number of benzene rings is 1. The third kappa shape index (κ3) is 3.06. The predicted molar refractivity (Wildman–Crippen MR) is 86.7 cm³/mol. The molecule has 6 heteroatoms. The number of hydrogen-bond acceptors (Lipinski definition) is 3. The predicted octanol–water partition coefficient (Wildman–Crippen LogP) is 3.26. The summed E-state index contributed by atoms with van der Waals surface area (Å²) in [6, 6.07) is 5.89. The van der Waals surface area contributed by atoms with Crippen molar-refractivity contribution in [3.63, 3.8) is 0 Å². The number of halogens is 1. The van der Waals surface area contributed by atoms with Gasteiger partial charge >= 0.3 is 0 Å². The fraction of sp³-hybridized carbons (Fsp3) is 0.400. The van der Waals surface area contributed by atoms with Crippen molar-refractivity contribution in [2.45, 2.75) is 13.6 Å². The van der Waals surface area contributed by atoms with Crippen molar-refractivity contribution in [2.75, 3.05) is 26.3 Å². The van der Waals surface area contributed by atoms with Gasteiger partial charge in [-0.25, -0.2) is 0 Å². The van der Waals surface area contributed by atoms with E-state index in [4.69, 9.17) is 28.6 Å². The van der Waals surface area contributed by atoms with Crippen LogP contribution in [0.3, 0.4) is 0 Å². The molecule has 1 aromatic heterocycles. The van der Waals surface area contributed by atoms with Crippen LogP contribution in [0.4, 0.5) is 0 Å². The van der Waals surface area contributed by atoms with Gasteiger partial charge in [-0.3, -0.25) is 9.47 Å². The Labute approximate surface area is 134 Å². The molecule has 0 radical (unpaired) electrons. The minimum Gasteiger partial charge on any atom is -0.379 e. The molecule has 0 N–H and O–H groups in total. The van der Waals surface area contributed by atoms with Gasteiger partial charge in [-0.05, 0) is 36.8 Å². The van der Waals surface area contributed by atoms with Crippen LogP contribution < -0.4 is 0 Å². The molecule has 0 atom stereocenters. The zero-order chi connectivity index (χ0) is 14.8. The Morgan fingerprint density at radius 2 is 2.00 bits per heavy atom. The Morgan fingerprint density at radius 3 is 2.76 bits per heavy atom. The Bertz CT molecular complexity index is 688. The fourth-order valence-corrected chi connectivity index (χ4v) is 2.97. The molecule has 1 aliphatic heterocycles. The van der Waals surface area contributed by atoms with Crippen LogP contribution in [-0.2, 0) is 11.4 Å². The molecule has 0 spiro atoms. The first-order valence-corrected chi connectivity index (χ1v) is 7.79. The van der Waals surface area contributed by atoms with Crippen molar-refractivity contribution in [3.8, 4) is 5.69 Å². The van der Waals surface area contributed by atoms with Gasteiger partial charge in [-0.15, -0.1) is 0 Å². The molecular formula is C15H18ClN3OS. The molecule has 0 bridgehead atoms. The number of nitrogens with zero attached hydrogens (tertiary/aromatic N) is 3. The summed E-state index contributed by atoms with van der Waals surface area (Å²) in [5.74, 6) is 0. The van der Waals surface area contributed by atoms with Gasteiger partial charge in [-0.2, -0.15) is 0 Å². The second kappa shape index (κ2) is 6.32. The summed E-state index contributed by atoms with van der Waals surface area (Å²) in [5.41, 5.74) is 2.08. The van der Waals surface area contributed by atoms with Crippen LogP contribution in [0.1, 0.15) is 5.56 Å². The van der Waals surface area contributed by atoms with E-state index >= 15 is 0 Å². The number of imidazole rings is 1. The molecule has 0 aliphatic carbocycles. The molecule has 3 rings (SSSR count). The zero-order valence-electron chi connectivity index (χ0n) is 12.0. The maximum absolute atomic E-state index is 6.20. The molecule has 1 aromatic carbocycles. The zero-order valence-corrected chi connectivity index (χ0v) is 13.5. The van der Waals surface area contributed by atoms with Crippen molar-refractivity contribution in [1.82, 2.24) is 14.0 Å². The second-order valence-corrected chi connectivity index (χ2v) is 5.95. The summed E-state index contributed by atoms with van der Waals surface area (Å²) in [4.78, 5) is 2.34. The molecule has 2 aromatic rings. The highest BCUT2D eigenvalue weighted by Gasteiger charge is 2.12. The molecule has 2 heterocycles. The summed E-state index contributed by atoms with van der Waals surface area (Å²) >= 11 is 11.8. The first kappa shape index (κ1) is 14.8. The van der Waals surface area contributed by atoms with Gasteiger partial charge in [-0.1, -0.05) is 17.7 Å². The van der Waals surface area contributed by atoms with Crippen molar-refractivity contribution in [3.05, 3.63) is 45.9 Å². The van der Waals surface area contributed by atoms with Crippen molar-refractivity contribution in [1.29, 1.82) is 0 Å². The average Bonchev–Trinajstić information content (AvgIpc) is 2.84. The van der Waals surface area contributed by atoms with Crippen molar-refractivity contribution >= 4 is 23.8 Å². The van der Waals surface area contributed by atoms with Crippen LogP contribution in [0.5, 0.6) is 0 Å². The minimum absolute atomic E-state index is 0.760. The lowest BCUT2D eigenvalue weighted by Gasteiger charge is -2.26. The molecule has 0 unspecified atom stereocenters. The smallest absolute Gasteiger partial charge is 0.185 e. The minimum atomic E-state index is 0.760. The summed E-state index contributed by atoms with van der Waals surface area (Å²) in [5, 5.41) is 0.760. The highest BCUT2D eigenvalue weighted by atomic mass is 35.5. The van der Waals surface area contributed by atoms with Crippen molar-refractivity contribution < 1.29 is 4.74 Å². The van der Waals surface area contributed by atoms with E-state index in [2.05, 4.69) is 9.47 Å². The molecule has 4 nitrogen and oxygen atoms in total. The number of rotatable bonds is 3. The van der Waals surface area contributed by atoms with Gasteiger partial charge in [0.25, 0.3) is 0 Å². The molecule has 112 valence electrons. The highest BCUT2D eigenvalue weighted by Crippen LogP contribution is 2.22. The van der Waals surface area contributed by atoms with Crippen LogP contribution >= 0.6 is 23.8 Å². The summed E-state index contributed by atoms with van der Waals surface area (Å²) in [7, 11) is 0. The van der Waals surface area contributed by atoms with E-state index in [1.54, 1.807) is 0 Å². The van der Waals surface area contributed by atoms with Gasteiger partial charge in [0.05, 0.1) is 25.6 Å². The van der Waals surface area contributed by atoms with E-state index in [1.807, 2.05) is 42.1 Å². The van der Waals surface area contributed by atoms with Gasteiger partial charge in [0.1, 0.15) is 0 Å². The SMILES string of the molecule is Cc1c(Cl)cccc1-n1ccn(CN2CCOCC2)c1=S. The molecule has 0 amide bonds. The van der Waals surface area contributed by atoms with Crippen molar-refractivity contribution in [2.24, 2.45) is 0 Å². The first-order valence-electron chi connectivity index (χ1n) is 7.00. The molecule has 0 saturated carbocycles. The maximum Gasteiger partial charge on any atom is 0.185 e. The lowest BCUT2D eigenvalue weighted by molar-refractivity contribution is 0.0232. The number of ether oxygens (including phenoxy) is 1. The Balaban J connectivity index is 1.88. The van der Waals surface area contributed by atoms with Crippen LogP contribution in [0.15, 0.2) is 30.6 Å². The van der Waals surface area contributed by atoms with E-state index in [0.717, 1.165) is 54.0 Å². The van der Waals surface area contributed by atoms with Crippen LogP contribution in [-0.4, -0.2) is 40.3 Å². The fourth-order valence-electron chi connectivity index (χ4n) is 2.52. The lowest BCUT2D eigenvalue weighted by Crippen LogP contribution is -2.37. The Kier molecular flexibility index (Phi) is 4.45. The second-order valence-electron chi connectivity index (χ2n) is 5.18. The van der Waals surface area contributed by atoms with Gasteiger partial charge in [0, 0.05) is 30.5 Å². The van der Waals surface area contributed by atoms with Gasteiger partial charge < -0.3 is 9.30 Å². The monoisotopic (exact) mass is 323 g/mol. The average molecular weight is 324 g/mol. The topological polar surface area (TPSA) is 22.3 Å². The number of aromatic nitrogens is 2. The van der Waals surface area contributed by atoms with Crippen LogP contribution in [0.2, 0.25) is 5.02 Å². The molecule has 21 heavy (non-hydrogen) atoms. The summed E-state index contributed by atoms with van der Waals surface area (Å²) in [6.07, 6.45) is 4.03. The third-order valence-electron chi connectivity index (χ3n) is 3.80. The van der Waals surface area contributed by atoms with Crippen LogP contribution in [0, 0.1) is 11.7 Å². The molecule has 1 saturated heterocycles. The quantitative estimate of drug-likeness (QED) is 0.810. The Hall–Kier alpha value is -1.14. The first-order chi connectivity index (χ1) is 10.2. The molecule has 1 aliphatic rings. The number of morpholine rings is 1. The largest absolute Gasteiger partial charge is 0.379 e.